The molecule has 1 aromatic heterocycles. The molecule has 0 amide bonds. The van der Waals surface area contributed by atoms with Gasteiger partial charge in [-0.15, -0.1) is 11.3 Å². The van der Waals surface area contributed by atoms with Gasteiger partial charge in [0, 0.05) is 27.6 Å². The molecule has 1 saturated carbocycles. The highest BCUT2D eigenvalue weighted by Gasteiger charge is 2.19. The first kappa shape index (κ1) is 23.3. The van der Waals surface area contributed by atoms with Crippen molar-refractivity contribution in [2.45, 2.75) is 38.1 Å². The van der Waals surface area contributed by atoms with Crippen molar-refractivity contribution >= 4 is 45.6 Å². The molecule has 1 aliphatic rings. The fraction of sp³-hybridized carbons (Fsp3) is 0.231. The molecule has 0 aliphatic heterocycles. The van der Waals surface area contributed by atoms with Gasteiger partial charge in [-0.1, -0.05) is 73.3 Å². The highest BCUT2D eigenvalue weighted by molar-refractivity contribution is 7.07. The number of hydrogen-bond acceptors (Lipinski definition) is 6. The van der Waals surface area contributed by atoms with Gasteiger partial charge in [0.25, 0.3) is 0 Å². The lowest BCUT2D eigenvalue weighted by molar-refractivity contribution is -0.385. The number of phenolic OH excluding ortho intramolecular Hbond substituents is 1. The number of thiazole rings is 1. The van der Waals surface area contributed by atoms with E-state index in [4.69, 9.17) is 16.6 Å². The number of aromatic hydroxyl groups is 1. The fourth-order valence-electron chi connectivity index (χ4n) is 4.46. The molecule has 35 heavy (non-hydrogen) atoms. The molecule has 0 atom stereocenters. The molecule has 0 unspecified atom stereocenters. The van der Waals surface area contributed by atoms with Crippen molar-refractivity contribution in [1.29, 1.82) is 0 Å². The lowest BCUT2D eigenvalue weighted by Gasteiger charge is -2.17. The van der Waals surface area contributed by atoms with E-state index in [9.17, 15) is 15.2 Å². The highest BCUT2D eigenvalue weighted by atomic mass is 35.5. The SMILES string of the molecule is O=[N+]([O-])c1cc(Cl)cc(C=Nn2c(-c3cccc4ccccc34)csc2=NC2CCCCC2)c1O. The van der Waals surface area contributed by atoms with Gasteiger partial charge in [-0.3, -0.25) is 15.1 Å². The van der Waals surface area contributed by atoms with Crippen LogP contribution in [0.1, 0.15) is 37.7 Å². The molecule has 0 spiro atoms. The predicted octanol–water partition coefficient (Wildman–Crippen LogP) is 6.75. The third-order valence-electron chi connectivity index (χ3n) is 6.21. The van der Waals surface area contributed by atoms with E-state index < -0.39 is 16.4 Å². The van der Waals surface area contributed by atoms with Crippen molar-refractivity contribution in [3.05, 3.63) is 85.5 Å². The summed E-state index contributed by atoms with van der Waals surface area (Å²) in [6.45, 7) is 0. The maximum absolute atomic E-state index is 11.3. The largest absolute Gasteiger partial charge is 0.502 e. The number of phenols is 1. The van der Waals surface area contributed by atoms with Crippen LogP contribution in [0.15, 0.2) is 70.1 Å². The van der Waals surface area contributed by atoms with Crippen molar-refractivity contribution < 1.29 is 10.0 Å². The van der Waals surface area contributed by atoms with E-state index in [0.717, 1.165) is 45.7 Å². The van der Waals surface area contributed by atoms with E-state index in [2.05, 4.69) is 23.3 Å². The Bertz CT molecular complexity index is 1500. The van der Waals surface area contributed by atoms with Crippen LogP contribution in [0.25, 0.3) is 22.0 Å². The minimum absolute atomic E-state index is 0.146. The number of nitro groups is 1. The molecule has 0 radical (unpaired) electrons. The van der Waals surface area contributed by atoms with Gasteiger partial charge in [0.2, 0.25) is 10.6 Å². The van der Waals surface area contributed by atoms with Crippen LogP contribution in [0, 0.1) is 10.1 Å². The zero-order valence-corrected chi connectivity index (χ0v) is 20.4. The number of halogens is 1. The minimum Gasteiger partial charge on any atom is -0.502 e. The number of rotatable bonds is 5. The Morgan fingerprint density at radius 2 is 1.89 bits per heavy atom. The summed E-state index contributed by atoms with van der Waals surface area (Å²) in [5.41, 5.74) is 1.56. The zero-order chi connectivity index (χ0) is 24.4. The summed E-state index contributed by atoms with van der Waals surface area (Å²) in [6.07, 6.45) is 7.06. The molecule has 178 valence electrons. The van der Waals surface area contributed by atoms with Crippen LogP contribution in [-0.4, -0.2) is 27.0 Å². The van der Waals surface area contributed by atoms with E-state index >= 15 is 0 Å². The fourth-order valence-corrected chi connectivity index (χ4v) is 5.58. The quantitative estimate of drug-likeness (QED) is 0.184. The Kier molecular flexibility index (Phi) is 6.66. The summed E-state index contributed by atoms with van der Waals surface area (Å²) in [5.74, 6) is -0.476. The predicted molar refractivity (Wildman–Crippen MR) is 140 cm³/mol. The molecule has 1 aliphatic carbocycles. The molecule has 5 rings (SSSR count). The number of benzene rings is 3. The first-order valence-electron chi connectivity index (χ1n) is 11.4. The number of nitro benzene ring substituents is 1. The number of fused-ring (bicyclic) bond motifs is 1. The summed E-state index contributed by atoms with van der Waals surface area (Å²) in [5, 5.41) is 30.8. The number of aromatic nitrogens is 1. The van der Waals surface area contributed by atoms with Gasteiger partial charge in [0.15, 0.2) is 0 Å². The van der Waals surface area contributed by atoms with Crippen molar-refractivity contribution in [3.8, 4) is 17.0 Å². The molecule has 7 nitrogen and oxygen atoms in total. The van der Waals surface area contributed by atoms with Gasteiger partial charge in [-0.25, -0.2) is 4.68 Å². The van der Waals surface area contributed by atoms with Gasteiger partial charge in [0.1, 0.15) is 0 Å². The molecule has 3 aromatic carbocycles. The van der Waals surface area contributed by atoms with Crippen LogP contribution in [0.2, 0.25) is 5.02 Å². The Morgan fingerprint density at radius 3 is 2.69 bits per heavy atom. The topological polar surface area (TPSA) is 93.0 Å². The summed E-state index contributed by atoms with van der Waals surface area (Å²) in [6, 6.07) is 17.1. The van der Waals surface area contributed by atoms with Crippen molar-refractivity contribution in [2.75, 3.05) is 0 Å². The summed E-state index contributed by atoms with van der Waals surface area (Å²) in [7, 11) is 0. The highest BCUT2D eigenvalue weighted by Crippen LogP contribution is 2.33. The molecule has 1 heterocycles. The third kappa shape index (κ3) is 4.85. The van der Waals surface area contributed by atoms with Crippen LogP contribution < -0.4 is 4.80 Å². The third-order valence-corrected chi connectivity index (χ3v) is 7.26. The molecular weight excluding hydrogens is 484 g/mol. The lowest BCUT2D eigenvalue weighted by Crippen LogP contribution is -2.19. The standard InChI is InChI=1S/C26H23ClN4O3S/c27-19-13-18(25(32)23(14-19)31(33)34)15-28-30-24(16-35-26(30)29-20-9-2-1-3-10-20)22-12-6-8-17-7-4-5-11-21(17)22/h4-8,11-16,20,32H,1-3,9-10H2. The van der Waals surface area contributed by atoms with Crippen LogP contribution >= 0.6 is 22.9 Å². The first-order chi connectivity index (χ1) is 17.0. The second-order valence-corrected chi connectivity index (χ2v) is 9.80. The first-order valence-corrected chi connectivity index (χ1v) is 12.7. The Balaban J connectivity index is 1.67. The monoisotopic (exact) mass is 506 g/mol. The van der Waals surface area contributed by atoms with Gasteiger partial charge >= 0.3 is 5.69 Å². The zero-order valence-electron chi connectivity index (χ0n) is 18.8. The normalized spacial score (nSPS) is 15.3. The van der Waals surface area contributed by atoms with E-state index in [1.807, 2.05) is 29.6 Å². The number of nitrogens with zero attached hydrogens (tertiary/aromatic N) is 4. The molecule has 0 bridgehead atoms. The average molecular weight is 507 g/mol. The van der Waals surface area contributed by atoms with Crippen LogP contribution in [-0.2, 0) is 0 Å². The Labute approximate surface area is 210 Å². The number of hydrogen-bond donors (Lipinski definition) is 1. The minimum atomic E-state index is -0.665. The van der Waals surface area contributed by atoms with E-state index in [0.29, 0.717) is 0 Å². The summed E-state index contributed by atoms with van der Waals surface area (Å²) >= 11 is 7.59. The summed E-state index contributed by atoms with van der Waals surface area (Å²) in [4.78, 5) is 16.4. The van der Waals surface area contributed by atoms with Gasteiger partial charge in [-0.05, 0) is 29.7 Å². The smallest absolute Gasteiger partial charge is 0.312 e. The summed E-state index contributed by atoms with van der Waals surface area (Å²) < 4.78 is 1.76. The van der Waals surface area contributed by atoms with Crippen molar-refractivity contribution in [3.63, 3.8) is 0 Å². The van der Waals surface area contributed by atoms with E-state index in [1.165, 1.54) is 42.9 Å². The van der Waals surface area contributed by atoms with Crippen molar-refractivity contribution in [1.82, 2.24) is 4.68 Å². The maximum atomic E-state index is 11.3. The Morgan fingerprint density at radius 1 is 1.11 bits per heavy atom. The van der Waals surface area contributed by atoms with Gasteiger partial charge in [0.05, 0.1) is 22.9 Å². The van der Waals surface area contributed by atoms with Crippen molar-refractivity contribution in [2.24, 2.45) is 10.1 Å². The van der Waals surface area contributed by atoms with Crippen LogP contribution in [0.4, 0.5) is 5.69 Å². The molecule has 1 fully saturated rings. The second-order valence-electron chi connectivity index (χ2n) is 8.53. The molecule has 4 aromatic rings. The molecule has 0 saturated heterocycles. The molecule has 1 N–H and O–H groups in total. The Hall–Kier alpha value is -3.49. The van der Waals surface area contributed by atoms with Gasteiger partial charge < -0.3 is 5.11 Å². The van der Waals surface area contributed by atoms with Crippen LogP contribution in [0.3, 0.4) is 0 Å². The van der Waals surface area contributed by atoms with E-state index in [-0.39, 0.29) is 16.6 Å². The molecule has 9 heteroatoms. The average Bonchev–Trinajstić information content (AvgIpc) is 3.26. The maximum Gasteiger partial charge on any atom is 0.312 e. The second kappa shape index (κ2) is 10.0. The van der Waals surface area contributed by atoms with Gasteiger partial charge in [-0.2, -0.15) is 5.10 Å². The van der Waals surface area contributed by atoms with Crippen LogP contribution in [0.5, 0.6) is 5.75 Å². The lowest BCUT2D eigenvalue weighted by atomic mass is 9.96. The molecular formula is C26H23ClN4O3S. The van der Waals surface area contributed by atoms with E-state index in [1.54, 1.807) is 4.68 Å².